The van der Waals surface area contributed by atoms with Crippen molar-refractivity contribution in [2.75, 3.05) is 18.2 Å². The summed E-state index contributed by atoms with van der Waals surface area (Å²) in [7, 11) is 1.63. The highest BCUT2D eigenvalue weighted by molar-refractivity contribution is 7.99. The minimum Gasteiger partial charge on any atom is -0.497 e. The van der Waals surface area contributed by atoms with Crippen LogP contribution in [0.2, 0.25) is 0 Å². The number of nitrogens with zero attached hydrogens (tertiary/aromatic N) is 4. The van der Waals surface area contributed by atoms with Crippen molar-refractivity contribution in [2.45, 2.75) is 12.1 Å². The third-order valence-electron chi connectivity index (χ3n) is 4.37. The van der Waals surface area contributed by atoms with Gasteiger partial charge in [-0.2, -0.15) is 5.10 Å². The highest BCUT2D eigenvalue weighted by Gasteiger charge is 2.13. The molecular formula is C22H21N5O2S. The third kappa shape index (κ3) is 4.38. The molecule has 30 heavy (non-hydrogen) atoms. The maximum atomic E-state index is 12.6. The second-order valence-electron chi connectivity index (χ2n) is 6.54. The molecule has 2 aromatic carbocycles. The Kier molecular flexibility index (Phi) is 5.85. The summed E-state index contributed by atoms with van der Waals surface area (Å²) in [6, 6.07) is 19.3. The fourth-order valence-electron chi connectivity index (χ4n) is 3.02. The van der Waals surface area contributed by atoms with E-state index in [1.807, 2.05) is 78.4 Å². The fourth-order valence-corrected chi connectivity index (χ4v) is 3.79. The van der Waals surface area contributed by atoms with Crippen LogP contribution >= 0.6 is 11.8 Å². The average molecular weight is 420 g/mol. The van der Waals surface area contributed by atoms with Gasteiger partial charge in [-0.05, 0) is 31.2 Å². The molecule has 1 amide bonds. The van der Waals surface area contributed by atoms with Gasteiger partial charge in [0.05, 0.1) is 29.9 Å². The fraction of sp³-hybridized carbons (Fsp3) is 0.136. The molecule has 0 saturated carbocycles. The normalized spacial score (nSPS) is 10.7. The van der Waals surface area contributed by atoms with E-state index in [2.05, 4.69) is 15.4 Å². The first kappa shape index (κ1) is 19.8. The quantitative estimate of drug-likeness (QED) is 0.457. The molecule has 2 aromatic heterocycles. The second kappa shape index (κ2) is 8.87. The van der Waals surface area contributed by atoms with E-state index in [0.29, 0.717) is 5.82 Å². The van der Waals surface area contributed by atoms with Crippen LogP contribution < -0.4 is 10.1 Å². The third-order valence-corrected chi connectivity index (χ3v) is 5.34. The van der Waals surface area contributed by atoms with Crippen molar-refractivity contribution in [2.24, 2.45) is 0 Å². The Labute approximate surface area is 178 Å². The number of methoxy groups -OCH3 is 1. The number of carbonyl (C=O) groups is 1. The average Bonchev–Trinajstić information content (AvgIpc) is 3.39. The second-order valence-corrected chi connectivity index (χ2v) is 7.48. The SMILES string of the molecule is COc1cccc(-n2ccnc2SCC(=O)Nc2cc(C)nn2-c2ccccc2)c1. The highest BCUT2D eigenvalue weighted by Crippen LogP contribution is 2.24. The number of anilines is 1. The molecule has 0 atom stereocenters. The zero-order valence-corrected chi connectivity index (χ0v) is 17.5. The van der Waals surface area contributed by atoms with E-state index in [1.165, 1.54) is 11.8 Å². The van der Waals surface area contributed by atoms with E-state index >= 15 is 0 Å². The number of aryl methyl sites for hydroxylation is 1. The van der Waals surface area contributed by atoms with Gasteiger partial charge in [-0.25, -0.2) is 9.67 Å². The molecule has 0 unspecified atom stereocenters. The largest absolute Gasteiger partial charge is 0.497 e. The predicted molar refractivity (Wildman–Crippen MR) is 118 cm³/mol. The first-order chi connectivity index (χ1) is 14.6. The molecule has 8 heteroatoms. The summed E-state index contributed by atoms with van der Waals surface area (Å²) < 4.78 is 8.95. The van der Waals surface area contributed by atoms with Crippen LogP contribution in [0.15, 0.2) is 78.2 Å². The summed E-state index contributed by atoms with van der Waals surface area (Å²) in [5, 5.41) is 8.16. The molecule has 0 radical (unpaired) electrons. The van der Waals surface area contributed by atoms with Crippen LogP contribution in [0.4, 0.5) is 5.82 Å². The van der Waals surface area contributed by atoms with Crippen molar-refractivity contribution in [1.29, 1.82) is 0 Å². The Bertz CT molecular complexity index is 1150. The number of ether oxygens (including phenoxy) is 1. The van der Waals surface area contributed by atoms with E-state index in [1.54, 1.807) is 18.0 Å². The van der Waals surface area contributed by atoms with E-state index < -0.39 is 0 Å². The van der Waals surface area contributed by atoms with Gasteiger partial charge in [0.1, 0.15) is 11.6 Å². The lowest BCUT2D eigenvalue weighted by Crippen LogP contribution is -2.17. The summed E-state index contributed by atoms with van der Waals surface area (Å²) in [6.45, 7) is 1.90. The zero-order chi connectivity index (χ0) is 20.9. The summed E-state index contributed by atoms with van der Waals surface area (Å²) in [5.74, 6) is 1.50. The van der Waals surface area contributed by atoms with E-state index in [4.69, 9.17) is 4.74 Å². The van der Waals surface area contributed by atoms with Gasteiger partial charge in [-0.3, -0.25) is 9.36 Å². The Balaban J connectivity index is 1.45. The number of hydrogen-bond acceptors (Lipinski definition) is 5. The Hall–Kier alpha value is -3.52. The summed E-state index contributed by atoms with van der Waals surface area (Å²) >= 11 is 1.37. The lowest BCUT2D eigenvalue weighted by Gasteiger charge is -2.10. The minimum absolute atomic E-state index is 0.128. The number of hydrogen-bond donors (Lipinski definition) is 1. The van der Waals surface area contributed by atoms with E-state index in [9.17, 15) is 4.79 Å². The number of nitrogens with one attached hydrogen (secondary N) is 1. The number of carbonyl (C=O) groups excluding carboxylic acids is 1. The molecule has 0 aliphatic carbocycles. The smallest absolute Gasteiger partial charge is 0.236 e. The Morgan fingerprint density at radius 1 is 1.10 bits per heavy atom. The molecule has 1 N–H and O–H groups in total. The standard InChI is InChI=1S/C22H21N5O2S/c1-16-13-20(27(25-16)17-7-4-3-5-8-17)24-21(28)15-30-22-23-11-12-26(22)18-9-6-10-19(14-18)29-2/h3-14H,15H2,1-2H3,(H,24,28). The molecule has 0 bridgehead atoms. The number of thioether (sulfide) groups is 1. The van der Waals surface area contributed by atoms with E-state index in [-0.39, 0.29) is 11.7 Å². The summed E-state index contributed by atoms with van der Waals surface area (Å²) in [4.78, 5) is 17.0. The van der Waals surface area contributed by atoms with Crippen LogP contribution in [-0.2, 0) is 4.79 Å². The van der Waals surface area contributed by atoms with Crippen LogP contribution in [0.1, 0.15) is 5.69 Å². The molecule has 4 aromatic rings. The Morgan fingerprint density at radius 2 is 1.90 bits per heavy atom. The van der Waals surface area contributed by atoms with Crippen LogP contribution in [-0.4, -0.2) is 38.1 Å². The van der Waals surface area contributed by atoms with Crippen LogP contribution in [0.5, 0.6) is 5.75 Å². The molecule has 0 spiro atoms. The molecule has 152 valence electrons. The minimum atomic E-state index is -0.128. The van der Waals surface area contributed by atoms with E-state index in [0.717, 1.165) is 28.0 Å². The molecule has 0 aliphatic rings. The molecular weight excluding hydrogens is 398 g/mol. The molecule has 2 heterocycles. The Morgan fingerprint density at radius 3 is 2.70 bits per heavy atom. The van der Waals surface area contributed by atoms with Gasteiger partial charge in [-0.1, -0.05) is 36.0 Å². The van der Waals surface area contributed by atoms with Crippen molar-refractivity contribution < 1.29 is 9.53 Å². The lowest BCUT2D eigenvalue weighted by atomic mass is 10.3. The van der Waals surface area contributed by atoms with Gasteiger partial charge in [0.15, 0.2) is 5.16 Å². The lowest BCUT2D eigenvalue weighted by molar-refractivity contribution is -0.113. The van der Waals surface area contributed by atoms with Crippen molar-refractivity contribution in [1.82, 2.24) is 19.3 Å². The highest BCUT2D eigenvalue weighted by atomic mass is 32.2. The van der Waals surface area contributed by atoms with Gasteiger partial charge in [-0.15, -0.1) is 0 Å². The first-order valence-electron chi connectivity index (χ1n) is 9.36. The van der Waals surface area contributed by atoms with Gasteiger partial charge in [0.25, 0.3) is 0 Å². The van der Waals surface area contributed by atoms with Gasteiger partial charge < -0.3 is 10.1 Å². The summed E-state index contributed by atoms with van der Waals surface area (Å²) in [6.07, 6.45) is 3.58. The molecule has 0 saturated heterocycles. The number of amides is 1. The summed E-state index contributed by atoms with van der Waals surface area (Å²) in [5.41, 5.74) is 2.64. The van der Waals surface area contributed by atoms with Gasteiger partial charge in [0.2, 0.25) is 5.91 Å². The maximum Gasteiger partial charge on any atom is 0.236 e. The number of benzene rings is 2. The number of aromatic nitrogens is 4. The number of rotatable bonds is 7. The van der Waals surface area contributed by atoms with Crippen molar-refractivity contribution in [3.63, 3.8) is 0 Å². The molecule has 4 rings (SSSR count). The number of imidazole rings is 1. The van der Waals surface area contributed by atoms with Crippen LogP contribution in [0, 0.1) is 6.92 Å². The zero-order valence-electron chi connectivity index (χ0n) is 16.6. The van der Waals surface area contributed by atoms with Gasteiger partial charge in [0, 0.05) is 24.5 Å². The maximum absolute atomic E-state index is 12.6. The number of para-hydroxylation sites is 1. The van der Waals surface area contributed by atoms with Crippen LogP contribution in [0.25, 0.3) is 11.4 Å². The first-order valence-corrected chi connectivity index (χ1v) is 10.3. The molecule has 0 fully saturated rings. The molecule has 0 aliphatic heterocycles. The van der Waals surface area contributed by atoms with Crippen LogP contribution in [0.3, 0.4) is 0 Å². The predicted octanol–water partition coefficient (Wildman–Crippen LogP) is 4.11. The van der Waals surface area contributed by atoms with Gasteiger partial charge >= 0.3 is 0 Å². The van der Waals surface area contributed by atoms with Crippen molar-refractivity contribution in [3.8, 4) is 17.1 Å². The van der Waals surface area contributed by atoms with Crippen molar-refractivity contribution in [3.05, 3.63) is 78.8 Å². The molecule has 7 nitrogen and oxygen atoms in total. The van der Waals surface area contributed by atoms with Crippen molar-refractivity contribution >= 4 is 23.5 Å². The monoisotopic (exact) mass is 419 g/mol. The topological polar surface area (TPSA) is 74.0 Å².